The molecule has 21 heavy (non-hydrogen) atoms. The highest BCUT2D eigenvalue weighted by Crippen LogP contribution is 2.34. The molecule has 1 aromatic heterocycles. The summed E-state index contributed by atoms with van der Waals surface area (Å²) in [6, 6.07) is 2.42. The molecule has 0 saturated carbocycles. The third kappa shape index (κ3) is 3.91. The van der Waals surface area contributed by atoms with Crippen molar-refractivity contribution in [2.24, 2.45) is 0 Å². The van der Waals surface area contributed by atoms with Crippen LogP contribution in [0, 0.1) is 10.1 Å². The third-order valence-electron chi connectivity index (χ3n) is 2.66. The van der Waals surface area contributed by atoms with E-state index in [1.165, 1.54) is 11.3 Å². The number of hydrogen-bond acceptors (Lipinski definition) is 5. The van der Waals surface area contributed by atoms with Crippen LogP contribution in [0.4, 0.5) is 24.5 Å². The maximum atomic E-state index is 12.6. The molecule has 0 radical (unpaired) electrons. The summed E-state index contributed by atoms with van der Waals surface area (Å²) in [5.41, 5.74) is -1.58. The van der Waals surface area contributed by atoms with E-state index >= 15 is 0 Å². The molecule has 0 amide bonds. The van der Waals surface area contributed by atoms with Crippen molar-refractivity contribution in [1.29, 1.82) is 0 Å². The maximum Gasteiger partial charge on any atom is 0.416 e. The number of hydrogen-bond donors (Lipinski definition) is 1. The van der Waals surface area contributed by atoms with E-state index in [2.05, 4.69) is 10.3 Å². The molecule has 0 unspecified atom stereocenters. The van der Waals surface area contributed by atoms with Gasteiger partial charge in [-0.05, 0) is 12.1 Å². The number of thiazole rings is 1. The van der Waals surface area contributed by atoms with Gasteiger partial charge in [-0.3, -0.25) is 10.1 Å². The van der Waals surface area contributed by atoms with Crippen LogP contribution >= 0.6 is 11.3 Å². The summed E-state index contributed by atoms with van der Waals surface area (Å²) in [5.74, 6) is 0. The summed E-state index contributed by atoms with van der Waals surface area (Å²) < 4.78 is 37.7. The summed E-state index contributed by atoms with van der Waals surface area (Å²) in [5, 5.41) is 16.3. The zero-order valence-corrected chi connectivity index (χ0v) is 11.4. The highest BCUT2D eigenvalue weighted by atomic mass is 32.1. The molecule has 9 heteroatoms. The van der Waals surface area contributed by atoms with Crippen LogP contribution in [0.15, 0.2) is 29.8 Å². The van der Waals surface area contributed by atoms with Crippen molar-refractivity contribution in [2.75, 3.05) is 11.9 Å². The monoisotopic (exact) mass is 317 g/mol. The number of nitrogens with one attached hydrogen (secondary N) is 1. The van der Waals surface area contributed by atoms with Gasteiger partial charge in [0.25, 0.3) is 5.69 Å². The lowest BCUT2D eigenvalue weighted by molar-refractivity contribution is -0.384. The first kappa shape index (κ1) is 15.2. The first-order valence-electron chi connectivity index (χ1n) is 5.86. The van der Waals surface area contributed by atoms with Gasteiger partial charge in [0.2, 0.25) is 0 Å². The molecule has 112 valence electrons. The van der Waals surface area contributed by atoms with Gasteiger partial charge in [-0.1, -0.05) is 0 Å². The molecule has 0 bridgehead atoms. The van der Waals surface area contributed by atoms with E-state index in [1.807, 2.05) is 0 Å². The van der Waals surface area contributed by atoms with Crippen molar-refractivity contribution in [3.8, 4) is 0 Å². The van der Waals surface area contributed by atoms with Crippen molar-refractivity contribution in [3.05, 3.63) is 50.5 Å². The summed E-state index contributed by atoms with van der Waals surface area (Å²) >= 11 is 1.44. The minimum atomic E-state index is -4.61. The number of halogens is 3. The van der Waals surface area contributed by atoms with E-state index in [0.29, 0.717) is 19.0 Å². The van der Waals surface area contributed by atoms with Crippen molar-refractivity contribution in [2.45, 2.75) is 12.6 Å². The van der Waals surface area contributed by atoms with Gasteiger partial charge in [0, 0.05) is 30.6 Å². The molecule has 0 aliphatic rings. The molecule has 0 aliphatic carbocycles. The fourth-order valence-electron chi connectivity index (χ4n) is 1.69. The molecule has 2 rings (SSSR count). The van der Waals surface area contributed by atoms with Crippen LogP contribution < -0.4 is 5.32 Å². The second-order valence-corrected chi connectivity index (χ2v) is 5.07. The van der Waals surface area contributed by atoms with E-state index in [1.54, 1.807) is 11.6 Å². The normalized spacial score (nSPS) is 11.4. The Morgan fingerprint density at radius 2 is 2.14 bits per heavy atom. The van der Waals surface area contributed by atoms with Gasteiger partial charge < -0.3 is 5.32 Å². The highest BCUT2D eigenvalue weighted by Gasteiger charge is 2.32. The molecular formula is C12H10F3N3O2S. The number of nitro groups is 1. The van der Waals surface area contributed by atoms with Gasteiger partial charge in [-0.25, -0.2) is 4.98 Å². The van der Waals surface area contributed by atoms with Crippen LogP contribution in [0.2, 0.25) is 0 Å². The predicted octanol–water partition coefficient (Wildman–Crippen LogP) is 3.72. The average molecular weight is 317 g/mol. The van der Waals surface area contributed by atoms with E-state index in [-0.39, 0.29) is 5.69 Å². The molecule has 1 heterocycles. The number of nitro benzene ring substituents is 1. The summed E-state index contributed by atoms with van der Waals surface area (Å²) in [6.45, 7) is 0.347. The summed E-state index contributed by atoms with van der Waals surface area (Å²) in [6.07, 6.45) is -2.43. The minimum Gasteiger partial charge on any atom is -0.379 e. The average Bonchev–Trinajstić information content (AvgIpc) is 2.90. The maximum absolute atomic E-state index is 12.6. The van der Waals surface area contributed by atoms with Crippen LogP contribution in [0.3, 0.4) is 0 Å². The molecular weight excluding hydrogens is 307 g/mol. The molecule has 0 saturated heterocycles. The van der Waals surface area contributed by atoms with Crippen molar-refractivity contribution < 1.29 is 18.1 Å². The standard InChI is InChI=1S/C12H10F3N3O2S/c13-12(14,15)8-1-2-9(10(7-8)18(19)20)16-4-3-11-17-5-6-21-11/h1-2,5-7,16H,3-4H2. The van der Waals surface area contributed by atoms with E-state index < -0.39 is 22.4 Å². The molecule has 0 fully saturated rings. The first-order valence-corrected chi connectivity index (χ1v) is 6.74. The predicted molar refractivity (Wildman–Crippen MR) is 72.4 cm³/mol. The van der Waals surface area contributed by atoms with Crippen molar-refractivity contribution >= 4 is 22.7 Å². The van der Waals surface area contributed by atoms with Crippen molar-refractivity contribution in [1.82, 2.24) is 4.98 Å². The third-order valence-corrected chi connectivity index (χ3v) is 3.50. The Morgan fingerprint density at radius 3 is 2.71 bits per heavy atom. The lowest BCUT2D eigenvalue weighted by Crippen LogP contribution is -2.09. The Morgan fingerprint density at radius 1 is 1.38 bits per heavy atom. The molecule has 0 spiro atoms. The quantitative estimate of drug-likeness (QED) is 0.674. The van der Waals surface area contributed by atoms with E-state index in [4.69, 9.17) is 0 Å². The fraction of sp³-hybridized carbons (Fsp3) is 0.250. The van der Waals surface area contributed by atoms with Gasteiger partial charge in [0.15, 0.2) is 0 Å². The topological polar surface area (TPSA) is 68.1 Å². The summed E-state index contributed by atoms with van der Waals surface area (Å²) in [7, 11) is 0. The van der Waals surface area contributed by atoms with Gasteiger partial charge in [-0.15, -0.1) is 11.3 Å². The number of rotatable bonds is 5. The molecule has 0 atom stereocenters. The molecule has 1 aromatic carbocycles. The van der Waals surface area contributed by atoms with E-state index in [9.17, 15) is 23.3 Å². The Kier molecular flexibility index (Phi) is 4.41. The second-order valence-electron chi connectivity index (χ2n) is 4.09. The largest absolute Gasteiger partial charge is 0.416 e. The summed E-state index contributed by atoms with van der Waals surface area (Å²) in [4.78, 5) is 14.1. The van der Waals surface area contributed by atoms with Gasteiger partial charge >= 0.3 is 6.18 Å². The zero-order valence-electron chi connectivity index (χ0n) is 10.6. The number of alkyl halides is 3. The van der Waals surface area contributed by atoms with Crippen molar-refractivity contribution in [3.63, 3.8) is 0 Å². The number of benzene rings is 1. The second kappa shape index (κ2) is 6.08. The van der Waals surface area contributed by atoms with Gasteiger partial charge in [0.1, 0.15) is 5.69 Å². The molecule has 0 aliphatic heterocycles. The fourth-order valence-corrected chi connectivity index (χ4v) is 2.31. The molecule has 1 N–H and O–H groups in total. The Balaban J connectivity index is 2.13. The van der Waals surface area contributed by atoms with Gasteiger partial charge in [-0.2, -0.15) is 13.2 Å². The number of aromatic nitrogens is 1. The van der Waals surface area contributed by atoms with Crippen LogP contribution in [-0.2, 0) is 12.6 Å². The Bertz CT molecular complexity index is 629. The minimum absolute atomic E-state index is 0.0598. The molecule has 5 nitrogen and oxygen atoms in total. The number of nitrogens with zero attached hydrogens (tertiary/aromatic N) is 2. The van der Waals surface area contributed by atoms with Crippen LogP contribution in [-0.4, -0.2) is 16.5 Å². The molecule has 2 aromatic rings. The van der Waals surface area contributed by atoms with Gasteiger partial charge in [0.05, 0.1) is 15.5 Å². The SMILES string of the molecule is O=[N+]([O-])c1cc(C(F)(F)F)ccc1NCCc1nccs1. The van der Waals surface area contributed by atoms with Crippen LogP contribution in [0.1, 0.15) is 10.6 Å². The Labute approximate surface area is 121 Å². The van der Waals surface area contributed by atoms with Crippen LogP contribution in [0.5, 0.6) is 0 Å². The number of anilines is 1. The zero-order chi connectivity index (χ0) is 15.5. The smallest absolute Gasteiger partial charge is 0.379 e. The Hall–Kier alpha value is -2.16. The lowest BCUT2D eigenvalue weighted by atomic mass is 10.1. The highest BCUT2D eigenvalue weighted by molar-refractivity contribution is 7.09. The first-order chi connectivity index (χ1) is 9.88. The van der Waals surface area contributed by atoms with Crippen LogP contribution in [0.25, 0.3) is 0 Å². The van der Waals surface area contributed by atoms with E-state index in [0.717, 1.165) is 17.1 Å². The lowest BCUT2D eigenvalue weighted by Gasteiger charge is -2.10.